The lowest BCUT2D eigenvalue weighted by molar-refractivity contribution is 0.168. The molecular weight excluding hydrogens is 228 g/mol. The average Bonchev–Trinajstić information content (AvgIpc) is 2.37. The minimum Gasteiger partial charge on any atom is -0.450 e. The number of unbranched alkanes of at least 4 members (excludes halogenated alkanes) is 1. The quantitative estimate of drug-likeness (QED) is 0.840. The van der Waals surface area contributed by atoms with Gasteiger partial charge in [0.15, 0.2) is 0 Å². The van der Waals surface area contributed by atoms with Crippen molar-refractivity contribution in [3.8, 4) is 0 Å². The molecule has 1 aromatic carbocycles. The van der Waals surface area contributed by atoms with Gasteiger partial charge in [0.25, 0.3) is 0 Å². The van der Waals surface area contributed by atoms with Gasteiger partial charge >= 0.3 is 6.09 Å². The zero-order valence-electron chi connectivity index (χ0n) is 11.4. The fourth-order valence-corrected chi connectivity index (χ4v) is 1.61. The molecule has 0 fully saturated rings. The van der Waals surface area contributed by atoms with Crippen LogP contribution in [0, 0.1) is 0 Å². The van der Waals surface area contributed by atoms with E-state index >= 15 is 0 Å². The van der Waals surface area contributed by atoms with Crippen LogP contribution in [0.25, 0.3) is 0 Å². The number of amides is 1. The van der Waals surface area contributed by atoms with Crippen molar-refractivity contribution >= 4 is 17.5 Å². The highest BCUT2D eigenvalue weighted by atomic mass is 16.5. The van der Waals surface area contributed by atoms with Crippen LogP contribution in [0.5, 0.6) is 0 Å². The molecule has 1 amide bonds. The Morgan fingerprint density at radius 3 is 2.50 bits per heavy atom. The number of benzene rings is 1. The van der Waals surface area contributed by atoms with Gasteiger partial charge in [0.1, 0.15) is 0 Å². The molecule has 0 aliphatic rings. The van der Waals surface area contributed by atoms with E-state index in [1.807, 2.05) is 24.3 Å². The molecule has 0 atom stereocenters. The summed E-state index contributed by atoms with van der Waals surface area (Å²) in [4.78, 5) is 13.4. The molecular formula is C14H22N2O2. The highest BCUT2D eigenvalue weighted by Gasteiger charge is 2.03. The summed E-state index contributed by atoms with van der Waals surface area (Å²) in [7, 11) is 2.07. The van der Waals surface area contributed by atoms with E-state index in [0.717, 1.165) is 17.9 Å². The number of carbonyl (C=O) groups is 1. The summed E-state index contributed by atoms with van der Waals surface area (Å²) < 4.78 is 4.82. The van der Waals surface area contributed by atoms with Crippen LogP contribution in [0.1, 0.15) is 26.7 Å². The minimum absolute atomic E-state index is 0.379. The van der Waals surface area contributed by atoms with E-state index in [-0.39, 0.29) is 0 Å². The van der Waals surface area contributed by atoms with Crippen molar-refractivity contribution in [2.75, 3.05) is 30.4 Å². The summed E-state index contributed by atoms with van der Waals surface area (Å²) in [6.45, 7) is 5.39. The fourth-order valence-electron chi connectivity index (χ4n) is 1.61. The molecule has 0 bridgehead atoms. The Hall–Kier alpha value is -1.71. The van der Waals surface area contributed by atoms with Crippen molar-refractivity contribution in [1.29, 1.82) is 0 Å². The second-order valence-corrected chi connectivity index (χ2v) is 4.17. The highest BCUT2D eigenvalue weighted by molar-refractivity contribution is 5.84. The second-order valence-electron chi connectivity index (χ2n) is 4.17. The third-order valence-corrected chi connectivity index (χ3v) is 2.68. The maximum atomic E-state index is 11.2. The Morgan fingerprint density at radius 1 is 1.28 bits per heavy atom. The molecule has 4 heteroatoms. The predicted molar refractivity (Wildman–Crippen MR) is 75.3 cm³/mol. The van der Waals surface area contributed by atoms with Crippen molar-refractivity contribution in [2.24, 2.45) is 0 Å². The standard InChI is InChI=1S/C14H22N2O2/c1-4-6-11-16(3)13-9-7-12(8-10-13)15-14(17)18-5-2/h7-10H,4-6,11H2,1-3H3,(H,15,17). The molecule has 18 heavy (non-hydrogen) atoms. The topological polar surface area (TPSA) is 41.6 Å². The number of anilines is 2. The lowest BCUT2D eigenvalue weighted by atomic mass is 10.2. The SMILES string of the molecule is CCCCN(C)c1ccc(NC(=O)OCC)cc1. The van der Waals surface area contributed by atoms with Crippen molar-refractivity contribution in [3.05, 3.63) is 24.3 Å². The summed E-state index contributed by atoms with van der Waals surface area (Å²) in [6, 6.07) is 7.76. The molecule has 0 heterocycles. The molecule has 100 valence electrons. The van der Waals surface area contributed by atoms with Crippen LogP contribution in [0.4, 0.5) is 16.2 Å². The van der Waals surface area contributed by atoms with Gasteiger partial charge in [-0.2, -0.15) is 0 Å². The van der Waals surface area contributed by atoms with Gasteiger partial charge in [0, 0.05) is 25.0 Å². The summed E-state index contributed by atoms with van der Waals surface area (Å²) in [6.07, 6.45) is 1.95. The van der Waals surface area contributed by atoms with Gasteiger partial charge in [-0.15, -0.1) is 0 Å². The Kier molecular flexibility index (Phi) is 6.05. The van der Waals surface area contributed by atoms with Gasteiger partial charge in [-0.25, -0.2) is 4.79 Å². The highest BCUT2D eigenvalue weighted by Crippen LogP contribution is 2.17. The van der Waals surface area contributed by atoms with E-state index in [1.54, 1.807) is 6.92 Å². The van der Waals surface area contributed by atoms with Gasteiger partial charge in [-0.05, 0) is 37.6 Å². The monoisotopic (exact) mass is 250 g/mol. The summed E-state index contributed by atoms with van der Waals surface area (Å²) in [5.74, 6) is 0. The number of rotatable bonds is 6. The normalized spacial score (nSPS) is 9.94. The van der Waals surface area contributed by atoms with Crippen LogP contribution >= 0.6 is 0 Å². The molecule has 0 saturated heterocycles. The molecule has 1 N–H and O–H groups in total. The Labute approximate surface area is 109 Å². The first-order chi connectivity index (χ1) is 8.67. The average molecular weight is 250 g/mol. The van der Waals surface area contributed by atoms with Crippen LogP contribution < -0.4 is 10.2 Å². The van der Waals surface area contributed by atoms with Gasteiger partial charge < -0.3 is 9.64 Å². The molecule has 0 aromatic heterocycles. The zero-order chi connectivity index (χ0) is 13.4. The molecule has 0 saturated carbocycles. The first-order valence-corrected chi connectivity index (χ1v) is 6.42. The number of carbonyl (C=O) groups excluding carboxylic acids is 1. The fraction of sp³-hybridized carbons (Fsp3) is 0.500. The first kappa shape index (κ1) is 14.4. The van der Waals surface area contributed by atoms with Crippen molar-refractivity contribution in [2.45, 2.75) is 26.7 Å². The predicted octanol–water partition coefficient (Wildman–Crippen LogP) is 3.49. The largest absolute Gasteiger partial charge is 0.450 e. The molecule has 0 radical (unpaired) electrons. The van der Waals surface area contributed by atoms with E-state index in [0.29, 0.717) is 6.61 Å². The number of hydrogen-bond donors (Lipinski definition) is 1. The van der Waals surface area contributed by atoms with E-state index in [4.69, 9.17) is 4.74 Å². The van der Waals surface area contributed by atoms with E-state index in [9.17, 15) is 4.79 Å². The smallest absolute Gasteiger partial charge is 0.411 e. The minimum atomic E-state index is -0.412. The van der Waals surface area contributed by atoms with Crippen LogP contribution in [0.15, 0.2) is 24.3 Å². The van der Waals surface area contributed by atoms with Crippen molar-refractivity contribution < 1.29 is 9.53 Å². The molecule has 1 rings (SSSR count). The molecule has 0 spiro atoms. The zero-order valence-corrected chi connectivity index (χ0v) is 11.4. The maximum absolute atomic E-state index is 11.2. The molecule has 1 aromatic rings. The van der Waals surface area contributed by atoms with Gasteiger partial charge in [0.2, 0.25) is 0 Å². The Morgan fingerprint density at radius 2 is 1.94 bits per heavy atom. The van der Waals surface area contributed by atoms with Crippen LogP contribution in [0.3, 0.4) is 0 Å². The molecule has 0 unspecified atom stereocenters. The van der Waals surface area contributed by atoms with Crippen LogP contribution in [-0.2, 0) is 4.74 Å². The van der Waals surface area contributed by atoms with Gasteiger partial charge in [-0.1, -0.05) is 13.3 Å². The summed E-state index contributed by atoms with van der Waals surface area (Å²) in [5, 5.41) is 2.67. The van der Waals surface area contributed by atoms with E-state index in [2.05, 4.69) is 24.2 Å². The van der Waals surface area contributed by atoms with Gasteiger partial charge in [-0.3, -0.25) is 5.32 Å². The second kappa shape index (κ2) is 7.58. The lowest BCUT2D eigenvalue weighted by Crippen LogP contribution is -2.18. The van der Waals surface area contributed by atoms with Crippen molar-refractivity contribution in [3.63, 3.8) is 0 Å². The number of nitrogens with one attached hydrogen (secondary N) is 1. The van der Waals surface area contributed by atoms with Gasteiger partial charge in [0.05, 0.1) is 6.61 Å². The lowest BCUT2D eigenvalue weighted by Gasteiger charge is -2.19. The van der Waals surface area contributed by atoms with Crippen LogP contribution in [0.2, 0.25) is 0 Å². The molecule has 0 aliphatic carbocycles. The third kappa shape index (κ3) is 4.65. The summed E-state index contributed by atoms with van der Waals surface area (Å²) >= 11 is 0. The Balaban J connectivity index is 2.54. The van der Waals surface area contributed by atoms with E-state index in [1.165, 1.54) is 12.8 Å². The number of ether oxygens (including phenoxy) is 1. The molecule has 0 aliphatic heterocycles. The van der Waals surface area contributed by atoms with Crippen molar-refractivity contribution in [1.82, 2.24) is 0 Å². The number of nitrogens with zero attached hydrogens (tertiary/aromatic N) is 1. The third-order valence-electron chi connectivity index (χ3n) is 2.68. The Bertz CT molecular complexity index is 363. The van der Waals surface area contributed by atoms with Crippen LogP contribution in [-0.4, -0.2) is 26.3 Å². The van der Waals surface area contributed by atoms with E-state index < -0.39 is 6.09 Å². The first-order valence-electron chi connectivity index (χ1n) is 6.42. The maximum Gasteiger partial charge on any atom is 0.411 e. The number of hydrogen-bond acceptors (Lipinski definition) is 3. The molecule has 4 nitrogen and oxygen atoms in total. The summed E-state index contributed by atoms with van der Waals surface area (Å²) in [5.41, 5.74) is 1.90.